The van der Waals surface area contributed by atoms with Crippen LogP contribution in [0.3, 0.4) is 0 Å². The van der Waals surface area contributed by atoms with Crippen LogP contribution in [0, 0.1) is 11.8 Å². The minimum Gasteiger partial charge on any atom is -0.339 e. The summed E-state index contributed by atoms with van der Waals surface area (Å²) in [6.07, 6.45) is 6.58. The second-order valence-corrected chi connectivity index (χ2v) is 6.32. The molecule has 0 aliphatic heterocycles. The Balaban J connectivity index is 1.81. The summed E-state index contributed by atoms with van der Waals surface area (Å²) in [6.45, 7) is 2.82. The molecule has 108 valence electrons. The van der Waals surface area contributed by atoms with Crippen molar-refractivity contribution in [1.29, 1.82) is 0 Å². The van der Waals surface area contributed by atoms with Crippen molar-refractivity contribution in [2.45, 2.75) is 45.2 Å². The normalized spacial score (nSPS) is 19.7. The highest BCUT2D eigenvalue weighted by Crippen LogP contribution is 2.35. The summed E-state index contributed by atoms with van der Waals surface area (Å²) in [7, 11) is 1.81. The van der Waals surface area contributed by atoms with E-state index in [0.29, 0.717) is 17.4 Å². The average Bonchev–Trinajstić information content (AvgIpc) is 3.31. The lowest BCUT2D eigenvalue weighted by atomic mass is 10.1. The van der Waals surface area contributed by atoms with Crippen LogP contribution in [0.2, 0.25) is 0 Å². The molecule has 1 atom stereocenters. The van der Waals surface area contributed by atoms with Gasteiger partial charge >= 0.3 is 0 Å². The Hall–Kier alpha value is -1.58. The molecule has 3 rings (SSSR count). The van der Waals surface area contributed by atoms with E-state index in [9.17, 15) is 9.59 Å². The van der Waals surface area contributed by atoms with Crippen molar-refractivity contribution in [3.8, 4) is 0 Å². The molecule has 0 spiro atoms. The van der Waals surface area contributed by atoms with Crippen molar-refractivity contribution >= 4 is 5.91 Å². The quantitative estimate of drug-likeness (QED) is 0.825. The number of aromatic nitrogens is 1. The molecule has 20 heavy (non-hydrogen) atoms. The number of amides is 1. The minimum atomic E-state index is -0.140. The lowest BCUT2D eigenvalue weighted by Crippen LogP contribution is -2.40. The predicted octanol–water partition coefficient (Wildman–Crippen LogP) is 2.13. The third-order valence-electron chi connectivity index (χ3n) is 4.64. The summed E-state index contributed by atoms with van der Waals surface area (Å²) in [5, 5.41) is 0. The first-order valence-corrected chi connectivity index (χ1v) is 7.54. The molecule has 4 nitrogen and oxygen atoms in total. The highest BCUT2D eigenvalue weighted by Gasteiger charge is 2.33. The third-order valence-corrected chi connectivity index (χ3v) is 4.64. The summed E-state index contributed by atoms with van der Waals surface area (Å²) < 4.78 is 1.69. The number of hydrogen-bond donors (Lipinski definition) is 0. The van der Waals surface area contributed by atoms with Crippen LogP contribution < -0.4 is 5.56 Å². The smallest absolute Gasteiger partial charge is 0.263 e. The molecular weight excluding hydrogens is 252 g/mol. The van der Waals surface area contributed by atoms with E-state index in [1.807, 2.05) is 13.1 Å². The number of nitrogens with zero attached hydrogens (tertiary/aromatic N) is 2. The van der Waals surface area contributed by atoms with Gasteiger partial charge in [0.05, 0.1) is 0 Å². The first-order chi connectivity index (χ1) is 9.58. The van der Waals surface area contributed by atoms with Crippen molar-refractivity contribution in [1.82, 2.24) is 9.47 Å². The fourth-order valence-electron chi connectivity index (χ4n) is 2.69. The van der Waals surface area contributed by atoms with E-state index in [4.69, 9.17) is 0 Å². The van der Waals surface area contributed by atoms with Gasteiger partial charge in [0.1, 0.15) is 5.56 Å². The van der Waals surface area contributed by atoms with E-state index in [-0.39, 0.29) is 17.5 Å². The second kappa shape index (κ2) is 5.08. The largest absolute Gasteiger partial charge is 0.339 e. The molecule has 0 N–H and O–H groups in total. The minimum absolute atomic E-state index is 0.139. The van der Waals surface area contributed by atoms with Crippen LogP contribution in [0.25, 0.3) is 0 Å². The molecule has 1 aromatic rings. The highest BCUT2D eigenvalue weighted by molar-refractivity contribution is 5.93. The van der Waals surface area contributed by atoms with E-state index in [1.54, 1.807) is 21.7 Å². The van der Waals surface area contributed by atoms with Gasteiger partial charge in [-0.15, -0.1) is 0 Å². The zero-order valence-electron chi connectivity index (χ0n) is 12.2. The van der Waals surface area contributed by atoms with E-state index in [2.05, 4.69) is 6.92 Å². The fourth-order valence-corrected chi connectivity index (χ4v) is 2.69. The topological polar surface area (TPSA) is 42.3 Å². The van der Waals surface area contributed by atoms with Crippen LogP contribution in [0.4, 0.5) is 0 Å². The number of carbonyl (C=O) groups is 1. The second-order valence-electron chi connectivity index (χ2n) is 6.32. The molecule has 0 radical (unpaired) electrons. The van der Waals surface area contributed by atoms with E-state index >= 15 is 0 Å². The Kier molecular flexibility index (Phi) is 3.40. The van der Waals surface area contributed by atoms with Gasteiger partial charge in [-0.3, -0.25) is 9.59 Å². The molecule has 2 saturated carbocycles. The number of pyridine rings is 1. The molecule has 1 amide bonds. The van der Waals surface area contributed by atoms with Gasteiger partial charge in [-0.2, -0.15) is 0 Å². The Labute approximate surface area is 119 Å². The molecule has 2 aliphatic rings. The van der Waals surface area contributed by atoms with Crippen LogP contribution >= 0.6 is 0 Å². The summed E-state index contributed by atoms with van der Waals surface area (Å²) >= 11 is 0. The molecule has 0 saturated heterocycles. The average molecular weight is 274 g/mol. The maximum absolute atomic E-state index is 12.5. The molecule has 1 heterocycles. The van der Waals surface area contributed by atoms with Crippen molar-refractivity contribution < 1.29 is 4.79 Å². The molecule has 0 bridgehead atoms. The predicted molar refractivity (Wildman–Crippen MR) is 77.7 cm³/mol. The van der Waals surface area contributed by atoms with Crippen molar-refractivity contribution in [3.05, 3.63) is 34.2 Å². The standard InChI is InChI=1S/C16H22N2O2/c1-11(13-7-8-13)17(2)15(19)14-4-3-9-18(16(14)20)10-12-5-6-12/h3-4,9,11-13H,5-8,10H2,1-2H3/t11-/m0/s1. The number of hydrogen-bond acceptors (Lipinski definition) is 2. The first kappa shape index (κ1) is 13.4. The Morgan fingerprint density at radius 2 is 2.10 bits per heavy atom. The SMILES string of the molecule is C[C@@H](C1CC1)N(C)C(=O)c1cccn(CC2CC2)c1=O. The van der Waals surface area contributed by atoms with Gasteiger partial charge in [-0.1, -0.05) is 0 Å². The summed E-state index contributed by atoms with van der Waals surface area (Å²) in [4.78, 5) is 26.6. The van der Waals surface area contributed by atoms with Gasteiger partial charge in [0.15, 0.2) is 0 Å². The van der Waals surface area contributed by atoms with Crippen molar-refractivity contribution in [2.24, 2.45) is 11.8 Å². The van der Waals surface area contributed by atoms with Gasteiger partial charge in [0.2, 0.25) is 0 Å². The van der Waals surface area contributed by atoms with E-state index in [1.165, 1.54) is 25.7 Å². The van der Waals surface area contributed by atoms with Gasteiger partial charge in [0.25, 0.3) is 11.5 Å². The van der Waals surface area contributed by atoms with Crippen LogP contribution in [0.1, 0.15) is 43.0 Å². The third kappa shape index (κ3) is 2.65. The van der Waals surface area contributed by atoms with E-state index in [0.717, 1.165) is 6.54 Å². The van der Waals surface area contributed by atoms with Crippen LogP contribution in [-0.4, -0.2) is 28.5 Å². The highest BCUT2D eigenvalue weighted by atomic mass is 16.2. The summed E-state index contributed by atoms with van der Waals surface area (Å²) in [5.74, 6) is 1.10. The lowest BCUT2D eigenvalue weighted by Gasteiger charge is -2.24. The van der Waals surface area contributed by atoms with Gasteiger partial charge in [0, 0.05) is 25.8 Å². The molecule has 2 aliphatic carbocycles. The fraction of sp³-hybridized carbons (Fsp3) is 0.625. The lowest BCUT2D eigenvalue weighted by molar-refractivity contribution is 0.0724. The summed E-state index contributed by atoms with van der Waals surface area (Å²) in [5.41, 5.74) is 0.169. The van der Waals surface area contributed by atoms with Crippen LogP contribution in [0.5, 0.6) is 0 Å². The Morgan fingerprint density at radius 1 is 1.40 bits per heavy atom. The van der Waals surface area contributed by atoms with E-state index < -0.39 is 0 Å². The molecule has 1 aromatic heterocycles. The number of carbonyl (C=O) groups excluding carboxylic acids is 1. The van der Waals surface area contributed by atoms with Gasteiger partial charge < -0.3 is 9.47 Å². The summed E-state index contributed by atoms with van der Waals surface area (Å²) in [6, 6.07) is 3.69. The molecular formula is C16H22N2O2. The maximum atomic E-state index is 12.5. The van der Waals surface area contributed by atoms with Crippen LogP contribution in [-0.2, 0) is 6.54 Å². The first-order valence-electron chi connectivity index (χ1n) is 7.54. The maximum Gasteiger partial charge on any atom is 0.263 e. The molecule has 2 fully saturated rings. The molecule has 0 unspecified atom stereocenters. The monoisotopic (exact) mass is 274 g/mol. The van der Waals surface area contributed by atoms with Crippen LogP contribution in [0.15, 0.2) is 23.1 Å². The van der Waals surface area contributed by atoms with Crippen molar-refractivity contribution in [3.63, 3.8) is 0 Å². The van der Waals surface area contributed by atoms with Gasteiger partial charge in [-0.05, 0) is 56.6 Å². The Bertz CT molecular complexity index is 570. The van der Waals surface area contributed by atoms with Crippen molar-refractivity contribution in [2.75, 3.05) is 7.05 Å². The number of rotatable bonds is 5. The molecule has 4 heteroatoms. The zero-order chi connectivity index (χ0) is 14.3. The Morgan fingerprint density at radius 3 is 2.70 bits per heavy atom. The molecule has 0 aromatic carbocycles. The zero-order valence-corrected chi connectivity index (χ0v) is 12.2. The van der Waals surface area contributed by atoms with Gasteiger partial charge in [-0.25, -0.2) is 0 Å².